The van der Waals surface area contributed by atoms with Gasteiger partial charge < -0.3 is 4.74 Å². The highest BCUT2D eigenvalue weighted by molar-refractivity contribution is 5.87. The summed E-state index contributed by atoms with van der Waals surface area (Å²) < 4.78 is 5.47. The lowest BCUT2D eigenvalue weighted by atomic mass is 9.61. The van der Waals surface area contributed by atoms with Crippen LogP contribution < -0.4 is 0 Å². The number of fused-ring (bicyclic) bond motifs is 2. The van der Waals surface area contributed by atoms with Crippen LogP contribution in [0, 0.1) is 5.92 Å². The molecule has 2 heteroatoms. The topological polar surface area (TPSA) is 26.3 Å². The molecule has 0 atom stereocenters. The van der Waals surface area contributed by atoms with Crippen molar-refractivity contribution in [3.05, 3.63) is 12.2 Å². The van der Waals surface area contributed by atoms with Crippen molar-refractivity contribution in [3.63, 3.8) is 0 Å². The minimum absolute atomic E-state index is 0.0844. The van der Waals surface area contributed by atoms with Crippen LogP contribution >= 0.6 is 0 Å². The molecule has 2 bridgehead atoms. The first kappa shape index (κ1) is 8.79. The van der Waals surface area contributed by atoms with E-state index in [1.165, 1.54) is 12.8 Å². The Morgan fingerprint density at radius 1 is 1.54 bits per heavy atom. The van der Waals surface area contributed by atoms with Crippen LogP contribution in [0.25, 0.3) is 0 Å². The fraction of sp³-hybridized carbons (Fsp3) is 0.727. The molecule has 0 radical (unpaired) electrons. The van der Waals surface area contributed by atoms with Gasteiger partial charge in [-0.15, -0.1) is 0 Å². The van der Waals surface area contributed by atoms with Crippen LogP contribution in [0.3, 0.4) is 0 Å². The minimum Gasteiger partial charge on any atom is -0.456 e. The van der Waals surface area contributed by atoms with E-state index in [0.29, 0.717) is 5.57 Å². The molecule has 3 aliphatic carbocycles. The Bertz CT molecular complexity index is 243. The quantitative estimate of drug-likeness (QED) is 0.482. The predicted molar refractivity (Wildman–Crippen MR) is 50.2 cm³/mol. The van der Waals surface area contributed by atoms with E-state index in [2.05, 4.69) is 6.58 Å². The normalized spacial score (nSPS) is 36.2. The standard InChI is InChI=1S/C11H16O2/c1-8(2)10(12)13-11-5-3-4-9(6-11)7-11/h9H,1,3-7H2,2H3. The fourth-order valence-electron chi connectivity index (χ4n) is 2.53. The average Bonchev–Trinajstić information content (AvgIpc) is 2.03. The summed E-state index contributed by atoms with van der Waals surface area (Å²) in [6, 6.07) is 0. The molecule has 3 fully saturated rings. The summed E-state index contributed by atoms with van der Waals surface area (Å²) in [5.41, 5.74) is 0.433. The first-order valence-corrected chi connectivity index (χ1v) is 5.00. The maximum absolute atomic E-state index is 11.3. The zero-order chi connectivity index (χ0) is 9.47. The molecule has 0 aromatic rings. The van der Waals surface area contributed by atoms with Crippen LogP contribution in [0.2, 0.25) is 0 Å². The van der Waals surface area contributed by atoms with Crippen molar-refractivity contribution in [2.75, 3.05) is 0 Å². The van der Waals surface area contributed by atoms with Crippen LogP contribution in [0.1, 0.15) is 39.0 Å². The van der Waals surface area contributed by atoms with Crippen molar-refractivity contribution in [1.82, 2.24) is 0 Å². The highest BCUT2D eigenvalue weighted by Gasteiger charge is 2.49. The van der Waals surface area contributed by atoms with Gasteiger partial charge in [0.1, 0.15) is 5.60 Å². The highest BCUT2D eigenvalue weighted by Crippen LogP contribution is 2.51. The Kier molecular flexibility index (Phi) is 1.94. The molecule has 72 valence electrons. The van der Waals surface area contributed by atoms with Gasteiger partial charge in [0, 0.05) is 5.57 Å². The van der Waals surface area contributed by atoms with Crippen molar-refractivity contribution in [1.29, 1.82) is 0 Å². The predicted octanol–water partition coefficient (Wildman–Crippen LogP) is 2.44. The SMILES string of the molecule is C=C(C)C(=O)OC12CCCC(C1)C2. The molecule has 0 aromatic carbocycles. The summed E-state index contributed by atoms with van der Waals surface area (Å²) in [6.07, 6.45) is 5.78. The van der Waals surface area contributed by atoms with Gasteiger partial charge in [0.05, 0.1) is 0 Å². The van der Waals surface area contributed by atoms with E-state index in [9.17, 15) is 4.79 Å². The molecular formula is C11H16O2. The van der Waals surface area contributed by atoms with Gasteiger partial charge in [-0.2, -0.15) is 0 Å². The molecule has 0 aromatic heterocycles. The smallest absolute Gasteiger partial charge is 0.333 e. The molecule has 0 saturated heterocycles. The molecule has 0 spiro atoms. The van der Waals surface area contributed by atoms with Gasteiger partial charge in [0.25, 0.3) is 0 Å². The van der Waals surface area contributed by atoms with E-state index in [-0.39, 0.29) is 11.6 Å². The Hall–Kier alpha value is -0.790. The Labute approximate surface area is 79.0 Å². The molecule has 0 amide bonds. The largest absolute Gasteiger partial charge is 0.456 e. The van der Waals surface area contributed by atoms with Gasteiger partial charge in [-0.3, -0.25) is 0 Å². The van der Waals surface area contributed by atoms with Crippen LogP contribution in [0.15, 0.2) is 12.2 Å². The van der Waals surface area contributed by atoms with Gasteiger partial charge in [-0.05, 0) is 38.5 Å². The summed E-state index contributed by atoms with van der Waals surface area (Å²) in [5.74, 6) is 0.618. The fourth-order valence-corrected chi connectivity index (χ4v) is 2.53. The second kappa shape index (κ2) is 2.86. The van der Waals surface area contributed by atoms with Crippen molar-refractivity contribution in [3.8, 4) is 0 Å². The number of carbonyl (C=O) groups excluding carboxylic acids is 1. The van der Waals surface area contributed by atoms with E-state index >= 15 is 0 Å². The molecule has 3 saturated carbocycles. The second-order valence-electron chi connectivity index (χ2n) is 4.52. The third-order valence-electron chi connectivity index (χ3n) is 3.22. The average molecular weight is 180 g/mol. The van der Waals surface area contributed by atoms with Crippen LogP contribution in [0.5, 0.6) is 0 Å². The lowest BCUT2D eigenvalue weighted by Crippen LogP contribution is -2.50. The van der Waals surface area contributed by atoms with Crippen molar-refractivity contribution in [2.24, 2.45) is 5.92 Å². The molecule has 0 unspecified atom stereocenters. The first-order chi connectivity index (χ1) is 6.11. The molecular weight excluding hydrogens is 164 g/mol. The number of rotatable bonds is 2. The summed E-state index contributed by atoms with van der Waals surface area (Å²) in [4.78, 5) is 11.3. The minimum atomic E-state index is -0.208. The third-order valence-corrected chi connectivity index (χ3v) is 3.22. The van der Waals surface area contributed by atoms with Crippen molar-refractivity contribution in [2.45, 2.75) is 44.6 Å². The summed E-state index contributed by atoms with van der Waals surface area (Å²) in [5, 5.41) is 0. The van der Waals surface area contributed by atoms with Gasteiger partial charge >= 0.3 is 5.97 Å². The van der Waals surface area contributed by atoms with Gasteiger partial charge in [-0.25, -0.2) is 4.79 Å². The van der Waals surface area contributed by atoms with Crippen LogP contribution in [-0.4, -0.2) is 11.6 Å². The number of carbonyl (C=O) groups is 1. The molecule has 3 rings (SSSR count). The van der Waals surface area contributed by atoms with Crippen molar-refractivity contribution >= 4 is 5.97 Å². The second-order valence-corrected chi connectivity index (χ2v) is 4.52. The molecule has 3 aliphatic rings. The van der Waals surface area contributed by atoms with E-state index < -0.39 is 0 Å². The van der Waals surface area contributed by atoms with Gasteiger partial charge in [0.2, 0.25) is 0 Å². The Morgan fingerprint density at radius 3 is 2.69 bits per heavy atom. The number of hydrogen-bond acceptors (Lipinski definition) is 2. The lowest BCUT2D eigenvalue weighted by molar-refractivity contribution is -0.180. The maximum atomic E-state index is 11.3. The monoisotopic (exact) mass is 180 g/mol. The van der Waals surface area contributed by atoms with E-state index in [4.69, 9.17) is 4.74 Å². The van der Waals surface area contributed by atoms with Gasteiger partial charge in [0.15, 0.2) is 0 Å². The molecule has 13 heavy (non-hydrogen) atoms. The summed E-state index contributed by atoms with van der Waals surface area (Å²) in [6.45, 7) is 5.30. The number of hydrogen-bond donors (Lipinski definition) is 0. The van der Waals surface area contributed by atoms with Crippen LogP contribution in [-0.2, 0) is 9.53 Å². The lowest BCUT2D eigenvalue weighted by Gasteiger charge is -2.51. The number of ether oxygens (including phenoxy) is 1. The van der Waals surface area contributed by atoms with E-state index in [1.54, 1.807) is 6.92 Å². The maximum Gasteiger partial charge on any atom is 0.333 e. The van der Waals surface area contributed by atoms with Gasteiger partial charge in [-0.1, -0.05) is 13.0 Å². The molecule has 2 nitrogen and oxygen atoms in total. The van der Waals surface area contributed by atoms with E-state index in [1.807, 2.05) is 0 Å². The molecule has 0 aliphatic heterocycles. The Morgan fingerprint density at radius 2 is 2.23 bits per heavy atom. The zero-order valence-corrected chi connectivity index (χ0v) is 8.14. The first-order valence-electron chi connectivity index (χ1n) is 5.00. The highest BCUT2D eigenvalue weighted by atomic mass is 16.6. The van der Waals surface area contributed by atoms with E-state index in [0.717, 1.165) is 25.2 Å². The third kappa shape index (κ3) is 1.50. The number of esters is 1. The zero-order valence-electron chi connectivity index (χ0n) is 8.14. The Balaban J connectivity index is 1.94. The summed E-state index contributed by atoms with van der Waals surface area (Å²) >= 11 is 0. The van der Waals surface area contributed by atoms with Crippen molar-refractivity contribution < 1.29 is 9.53 Å². The summed E-state index contributed by atoms with van der Waals surface area (Å²) in [7, 11) is 0. The molecule has 0 heterocycles. The molecule has 0 N–H and O–H groups in total. The van der Waals surface area contributed by atoms with Crippen LogP contribution in [0.4, 0.5) is 0 Å².